The van der Waals surface area contributed by atoms with Crippen LogP contribution >= 0.6 is 0 Å². The molecule has 0 aliphatic rings. The molecule has 2 heteroatoms. The molecule has 16 heavy (non-hydrogen) atoms. The van der Waals surface area contributed by atoms with Crippen LogP contribution in [0, 0.1) is 13.8 Å². The summed E-state index contributed by atoms with van der Waals surface area (Å²) in [5.41, 5.74) is 9.99. The molecule has 1 aromatic carbocycles. The Bertz CT molecular complexity index is 336. The first-order valence-corrected chi connectivity index (χ1v) is 6.04. The summed E-state index contributed by atoms with van der Waals surface area (Å²) in [7, 11) is 0. The molecule has 0 saturated carbocycles. The molecule has 0 heterocycles. The van der Waals surface area contributed by atoms with Gasteiger partial charge in [-0.2, -0.15) is 0 Å². The summed E-state index contributed by atoms with van der Waals surface area (Å²) in [6.07, 6.45) is 1.06. The molecule has 0 radical (unpaired) electrons. The van der Waals surface area contributed by atoms with Crippen LogP contribution in [0.5, 0.6) is 0 Å². The van der Waals surface area contributed by atoms with Gasteiger partial charge in [0.25, 0.3) is 0 Å². The molecule has 0 fully saturated rings. The van der Waals surface area contributed by atoms with Gasteiger partial charge < -0.3 is 10.5 Å². The lowest BCUT2D eigenvalue weighted by molar-refractivity contribution is 0.0412. The second-order valence-electron chi connectivity index (χ2n) is 4.29. The number of hydrogen-bond donors (Lipinski definition) is 1. The Morgan fingerprint density at radius 3 is 2.50 bits per heavy atom. The van der Waals surface area contributed by atoms with Gasteiger partial charge in [0.05, 0.1) is 12.1 Å². The van der Waals surface area contributed by atoms with Gasteiger partial charge in [-0.15, -0.1) is 0 Å². The predicted octanol–water partition coefficient (Wildman–Crippen LogP) is 3.12. The van der Waals surface area contributed by atoms with Crippen LogP contribution in [0.25, 0.3) is 0 Å². The first-order valence-electron chi connectivity index (χ1n) is 6.04. The quantitative estimate of drug-likeness (QED) is 0.829. The molecule has 0 bridgehead atoms. The minimum atomic E-state index is -0.0233. The highest BCUT2D eigenvalue weighted by Gasteiger charge is 2.19. The molecular weight excluding hydrogens is 198 g/mol. The maximum Gasteiger partial charge on any atom is 0.0764 e. The Hall–Kier alpha value is -0.860. The summed E-state index contributed by atoms with van der Waals surface area (Å²) in [6, 6.07) is 6.39. The van der Waals surface area contributed by atoms with Crippen molar-refractivity contribution < 1.29 is 4.74 Å². The van der Waals surface area contributed by atoms with Crippen LogP contribution in [0.4, 0.5) is 0 Å². The lowest BCUT2D eigenvalue weighted by Gasteiger charge is -2.24. The number of aryl methyl sites for hydroxylation is 2. The third-order valence-electron chi connectivity index (χ3n) is 2.98. The van der Waals surface area contributed by atoms with Gasteiger partial charge >= 0.3 is 0 Å². The summed E-state index contributed by atoms with van der Waals surface area (Å²) in [4.78, 5) is 0. The van der Waals surface area contributed by atoms with Crippen molar-refractivity contribution in [1.82, 2.24) is 0 Å². The van der Waals surface area contributed by atoms with E-state index in [4.69, 9.17) is 10.5 Å². The van der Waals surface area contributed by atoms with Crippen molar-refractivity contribution in [3.8, 4) is 0 Å². The SMILES string of the molecule is CCOC(CC)C(N)c1cc(C)ccc1C. The molecule has 90 valence electrons. The van der Waals surface area contributed by atoms with Gasteiger partial charge in [-0.3, -0.25) is 0 Å². The molecule has 2 unspecified atom stereocenters. The van der Waals surface area contributed by atoms with Crippen LogP contribution in [-0.2, 0) is 4.74 Å². The van der Waals surface area contributed by atoms with E-state index in [1.54, 1.807) is 0 Å². The van der Waals surface area contributed by atoms with Crippen molar-refractivity contribution in [2.24, 2.45) is 5.73 Å². The number of rotatable bonds is 5. The molecule has 0 saturated heterocycles. The van der Waals surface area contributed by atoms with Crippen LogP contribution in [-0.4, -0.2) is 12.7 Å². The van der Waals surface area contributed by atoms with Gasteiger partial charge in [0.1, 0.15) is 0 Å². The van der Waals surface area contributed by atoms with E-state index in [9.17, 15) is 0 Å². The van der Waals surface area contributed by atoms with E-state index in [1.807, 2.05) is 6.92 Å². The summed E-state index contributed by atoms with van der Waals surface area (Å²) >= 11 is 0. The highest BCUT2D eigenvalue weighted by molar-refractivity contribution is 5.33. The molecule has 2 atom stereocenters. The van der Waals surface area contributed by atoms with Gasteiger partial charge in [0.2, 0.25) is 0 Å². The number of nitrogens with two attached hydrogens (primary N) is 1. The second-order valence-corrected chi connectivity index (χ2v) is 4.29. The Balaban J connectivity index is 2.93. The zero-order valence-electron chi connectivity index (χ0n) is 10.8. The molecule has 1 rings (SSSR count). The lowest BCUT2D eigenvalue weighted by atomic mass is 9.95. The van der Waals surface area contributed by atoms with Crippen LogP contribution in [0.15, 0.2) is 18.2 Å². The molecule has 0 aliphatic carbocycles. The minimum absolute atomic E-state index is 0.0233. The van der Waals surface area contributed by atoms with E-state index < -0.39 is 0 Å². The van der Waals surface area contributed by atoms with Crippen molar-refractivity contribution in [3.05, 3.63) is 34.9 Å². The molecule has 1 aromatic rings. The van der Waals surface area contributed by atoms with Crippen molar-refractivity contribution in [3.63, 3.8) is 0 Å². The topological polar surface area (TPSA) is 35.2 Å². The lowest BCUT2D eigenvalue weighted by Crippen LogP contribution is -2.29. The zero-order valence-corrected chi connectivity index (χ0v) is 10.8. The van der Waals surface area contributed by atoms with Gasteiger partial charge in [-0.25, -0.2) is 0 Å². The number of ether oxygens (including phenoxy) is 1. The number of benzene rings is 1. The first kappa shape index (κ1) is 13.2. The van der Waals surface area contributed by atoms with E-state index in [0.29, 0.717) is 0 Å². The fraction of sp³-hybridized carbons (Fsp3) is 0.571. The highest BCUT2D eigenvalue weighted by atomic mass is 16.5. The predicted molar refractivity (Wildman–Crippen MR) is 68.5 cm³/mol. The summed E-state index contributed by atoms with van der Waals surface area (Å²) in [6.45, 7) is 9.05. The van der Waals surface area contributed by atoms with Crippen molar-refractivity contribution in [1.29, 1.82) is 0 Å². The molecule has 0 aliphatic heterocycles. The third kappa shape index (κ3) is 3.06. The number of hydrogen-bond acceptors (Lipinski definition) is 2. The average Bonchev–Trinajstić information content (AvgIpc) is 2.28. The van der Waals surface area contributed by atoms with Crippen molar-refractivity contribution >= 4 is 0 Å². The Kier molecular flexibility index (Phi) is 4.97. The van der Waals surface area contributed by atoms with Crippen molar-refractivity contribution in [2.45, 2.75) is 46.3 Å². The molecule has 0 spiro atoms. The van der Waals surface area contributed by atoms with Gasteiger partial charge in [-0.05, 0) is 38.3 Å². The standard InChI is InChI=1S/C14H23NO/c1-5-13(16-6-2)14(15)12-9-10(3)7-8-11(12)4/h7-9,13-14H,5-6,15H2,1-4H3. The minimum Gasteiger partial charge on any atom is -0.377 e. The van der Waals surface area contributed by atoms with E-state index >= 15 is 0 Å². The zero-order chi connectivity index (χ0) is 12.1. The molecule has 2 nitrogen and oxygen atoms in total. The van der Waals surface area contributed by atoms with Gasteiger partial charge in [0, 0.05) is 6.61 Å². The van der Waals surface area contributed by atoms with Crippen molar-refractivity contribution in [2.75, 3.05) is 6.61 Å². The average molecular weight is 221 g/mol. The smallest absolute Gasteiger partial charge is 0.0764 e. The first-order chi connectivity index (χ1) is 7.60. The Labute approximate surface area is 98.8 Å². The largest absolute Gasteiger partial charge is 0.377 e. The fourth-order valence-corrected chi connectivity index (χ4v) is 2.01. The Morgan fingerprint density at radius 2 is 1.94 bits per heavy atom. The molecule has 2 N–H and O–H groups in total. The van der Waals surface area contributed by atoms with Gasteiger partial charge in [0.15, 0.2) is 0 Å². The summed E-state index contributed by atoms with van der Waals surface area (Å²) in [5, 5.41) is 0. The molecule has 0 aromatic heterocycles. The highest BCUT2D eigenvalue weighted by Crippen LogP contribution is 2.23. The normalized spacial score (nSPS) is 14.8. The summed E-state index contributed by atoms with van der Waals surface area (Å²) in [5.74, 6) is 0. The molecular formula is C14H23NO. The third-order valence-corrected chi connectivity index (χ3v) is 2.98. The second kappa shape index (κ2) is 6.02. The van der Waals surface area contributed by atoms with Crippen LogP contribution in [0.2, 0.25) is 0 Å². The fourth-order valence-electron chi connectivity index (χ4n) is 2.01. The Morgan fingerprint density at radius 1 is 1.25 bits per heavy atom. The summed E-state index contributed by atoms with van der Waals surface area (Å²) < 4.78 is 5.68. The maximum atomic E-state index is 6.28. The van der Waals surface area contributed by atoms with Crippen LogP contribution in [0.1, 0.15) is 43.0 Å². The molecule has 0 amide bonds. The van der Waals surface area contributed by atoms with E-state index in [1.165, 1.54) is 16.7 Å². The monoisotopic (exact) mass is 221 g/mol. The maximum absolute atomic E-state index is 6.28. The van der Waals surface area contributed by atoms with E-state index in [0.717, 1.165) is 13.0 Å². The van der Waals surface area contributed by atoms with Gasteiger partial charge in [-0.1, -0.05) is 30.7 Å². The van der Waals surface area contributed by atoms with Crippen LogP contribution in [0.3, 0.4) is 0 Å². The van der Waals surface area contributed by atoms with Crippen LogP contribution < -0.4 is 5.73 Å². The van der Waals surface area contributed by atoms with E-state index in [2.05, 4.69) is 39.0 Å². The van der Waals surface area contributed by atoms with E-state index in [-0.39, 0.29) is 12.1 Å².